The van der Waals surface area contributed by atoms with Crippen molar-refractivity contribution in [1.29, 1.82) is 0 Å². The van der Waals surface area contributed by atoms with Crippen molar-refractivity contribution in [2.75, 3.05) is 32.9 Å². The first-order valence-corrected chi connectivity index (χ1v) is 6.86. The van der Waals surface area contributed by atoms with E-state index < -0.39 is 0 Å². The Kier molecular flexibility index (Phi) is 7.05. The second-order valence-electron chi connectivity index (χ2n) is 4.96. The van der Waals surface area contributed by atoms with E-state index in [1.165, 1.54) is 0 Å². The Balaban J connectivity index is 2.13. The van der Waals surface area contributed by atoms with Crippen LogP contribution in [0, 0.1) is 11.8 Å². The maximum atomic E-state index is 11.5. The van der Waals surface area contributed by atoms with Crippen molar-refractivity contribution < 1.29 is 14.3 Å². The molecule has 2 atom stereocenters. The summed E-state index contributed by atoms with van der Waals surface area (Å²) in [5.74, 6) is 0.933. The summed E-state index contributed by atoms with van der Waals surface area (Å²) >= 11 is 0. The molecule has 1 aliphatic rings. The van der Waals surface area contributed by atoms with Gasteiger partial charge in [0.05, 0.1) is 12.7 Å². The fourth-order valence-electron chi connectivity index (χ4n) is 2.28. The van der Waals surface area contributed by atoms with Gasteiger partial charge < -0.3 is 20.1 Å². The van der Waals surface area contributed by atoms with Gasteiger partial charge in [-0.3, -0.25) is 0 Å². The number of rotatable bonds is 7. The normalized spacial score (nSPS) is 23.3. The van der Waals surface area contributed by atoms with Crippen LogP contribution >= 0.6 is 0 Å². The molecule has 0 aromatic heterocycles. The van der Waals surface area contributed by atoms with Gasteiger partial charge in [-0.05, 0) is 19.3 Å². The van der Waals surface area contributed by atoms with E-state index in [2.05, 4.69) is 24.5 Å². The largest absolute Gasteiger partial charge is 0.380 e. The molecule has 1 heterocycles. The molecule has 2 N–H and O–H groups in total. The molecule has 5 nitrogen and oxygen atoms in total. The molecular formula is C13H26N2O3. The summed E-state index contributed by atoms with van der Waals surface area (Å²) in [6.07, 6.45) is 1.30. The Hall–Kier alpha value is -0.810. The molecule has 5 heteroatoms. The molecule has 1 aliphatic heterocycles. The molecule has 1 saturated heterocycles. The predicted molar refractivity (Wildman–Crippen MR) is 70.6 cm³/mol. The average molecular weight is 258 g/mol. The highest BCUT2D eigenvalue weighted by Gasteiger charge is 2.30. The number of carbonyl (C=O) groups is 1. The molecule has 1 rings (SSSR count). The molecule has 0 radical (unpaired) electrons. The minimum atomic E-state index is -0.121. The lowest BCUT2D eigenvalue weighted by atomic mass is 9.93. The predicted octanol–water partition coefficient (Wildman–Crippen LogP) is 1.38. The molecule has 0 aromatic rings. The van der Waals surface area contributed by atoms with Crippen LogP contribution in [0.15, 0.2) is 0 Å². The van der Waals surface area contributed by atoms with Crippen molar-refractivity contribution in [3.05, 3.63) is 0 Å². The lowest BCUT2D eigenvalue weighted by Crippen LogP contribution is -2.41. The van der Waals surface area contributed by atoms with Crippen molar-refractivity contribution in [1.82, 2.24) is 10.6 Å². The second kappa shape index (κ2) is 8.32. The van der Waals surface area contributed by atoms with Crippen LogP contribution in [0.3, 0.4) is 0 Å². The van der Waals surface area contributed by atoms with Gasteiger partial charge >= 0.3 is 6.03 Å². The zero-order valence-electron chi connectivity index (χ0n) is 11.7. The standard InChI is InChI=1S/C13H26N2O3/c1-4-17-8-6-14-13(16)15-9-11-5-7-18-12(11)10(2)3/h10-12H,4-9H2,1-3H3,(H2,14,15,16)/t11-,12-/m1/s1. The SMILES string of the molecule is CCOCCNC(=O)NC[C@H]1CCO[C@@H]1C(C)C. The molecule has 0 saturated carbocycles. The summed E-state index contributed by atoms with van der Waals surface area (Å²) in [6, 6.07) is -0.121. The van der Waals surface area contributed by atoms with Gasteiger partial charge in [-0.1, -0.05) is 13.8 Å². The van der Waals surface area contributed by atoms with Crippen LogP contribution in [0.25, 0.3) is 0 Å². The van der Waals surface area contributed by atoms with Gasteiger partial charge in [-0.15, -0.1) is 0 Å². The molecule has 0 unspecified atom stereocenters. The Morgan fingerprint density at radius 3 is 2.89 bits per heavy atom. The zero-order chi connectivity index (χ0) is 13.4. The maximum absolute atomic E-state index is 11.5. The van der Waals surface area contributed by atoms with E-state index in [0.29, 0.717) is 38.1 Å². The molecule has 0 bridgehead atoms. The third-order valence-corrected chi connectivity index (χ3v) is 3.18. The molecule has 2 amide bonds. The van der Waals surface area contributed by atoms with E-state index in [-0.39, 0.29) is 12.1 Å². The van der Waals surface area contributed by atoms with Crippen molar-refractivity contribution in [3.8, 4) is 0 Å². The molecular weight excluding hydrogens is 232 g/mol. The van der Waals surface area contributed by atoms with E-state index in [1.54, 1.807) is 0 Å². The smallest absolute Gasteiger partial charge is 0.314 e. The van der Waals surface area contributed by atoms with Gasteiger partial charge in [0.15, 0.2) is 0 Å². The molecule has 1 fully saturated rings. The number of hydrogen-bond acceptors (Lipinski definition) is 3. The van der Waals surface area contributed by atoms with Gasteiger partial charge in [-0.25, -0.2) is 4.79 Å². The number of amides is 2. The van der Waals surface area contributed by atoms with Gasteiger partial charge in [-0.2, -0.15) is 0 Å². The second-order valence-corrected chi connectivity index (χ2v) is 4.96. The van der Waals surface area contributed by atoms with Crippen molar-refractivity contribution in [2.24, 2.45) is 11.8 Å². The van der Waals surface area contributed by atoms with Crippen LogP contribution in [-0.4, -0.2) is 45.0 Å². The minimum absolute atomic E-state index is 0.121. The number of carbonyl (C=O) groups excluding carboxylic acids is 1. The third-order valence-electron chi connectivity index (χ3n) is 3.18. The number of nitrogens with one attached hydrogen (secondary N) is 2. The fraction of sp³-hybridized carbons (Fsp3) is 0.923. The molecule has 0 aromatic carbocycles. The van der Waals surface area contributed by atoms with Crippen LogP contribution in [0.5, 0.6) is 0 Å². The highest BCUT2D eigenvalue weighted by molar-refractivity contribution is 5.73. The van der Waals surface area contributed by atoms with Crippen LogP contribution in [0.2, 0.25) is 0 Å². The minimum Gasteiger partial charge on any atom is -0.380 e. The van der Waals surface area contributed by atoms with Gasteiger partial charge in [0, 0.05) is 32.2 Å². The van der Waals surface area contributed by atoms with Gasteiger partial charge in [0.25, 0.3) is 0 Å². The van der Waals surface area contributed by atoms with Crippen LogP contribution in [0.4, 0.5) is 4.79 Å². The summed E-state index contributed by atoms with van der Waals surface area (Å²) in [7, 11) is 0. The van der Waals surface area contributed by atoms with E-state index in [1.807, 2.05) is 6.92 Å². The summed E-state index contributed by atoms with van der Waals surface area (Å²) < 4.78 is 10.8. The summed E-state index contributed by atoms with van der Waals surface area (Å²) in [6.45, 7) is 9.53. The van der Waals surface area contributed by atoms with E-state index in [0.717, 1.165) is 13.0 Å². The van der Waals surface area contributed by atoms with Gasteiger partial charge in [0.2, 0.25) is 0 Å². The Bertz CT molecular complexity index is 246. The monoisotopic (exact) mass is 258 g/mol. The lowest BCUT2D eigenvalue weighted by molar-refractivity contribution is 0.0545. The van der Waals surface area contributed by atoms with E-state index >= 15 is 0 Å². The summed E-state index contributed by atoms with van der Waals surface area (Å²) in [4.78, 5) is 11.5. The number of urea groups is 1. The Morgan fingerprint density at radius 2 is 2.22 bits per heavy atom. The average Bonchev–Trinajstić information content (AvgIpc) is 2.80. The first-order valence-electron chi connectivity index (χ1n) is 6.86. The zero-order valence-corrected chi connectivity index (χ0v) is 11.7. The molecule has 0 aliphatic carbocycles. The van der Waals surface area contributed by atoms with Crippen LogP contribution in [-0.2, 0) is 9.47 Å². The van der Waals surface area contributed by atoms with E-state index in [9.17, 15) is 4.79 Å². The maximum Gasteiger partial charge on any atom is 0.314 e. The van der Waals surface area contributed by atoms with Crippen LogP contribution in [0.1, 0.15) is 27.2 Å². The number of ether oxygens (including phenoxy) is 2. The lowest BCUT2D eigenvalue weighted by Gasteiger charge is -2.22. The van der Waals surface area contributed by atoms with Crippen molar-refractivity contribution >= 4 is 6.03 Å². The Labute approximate surface area is 110 Å². The highest BCUT2D eigenvalue weighted by atomic mass is 16.5. The molecule has 18 heavy (non-hydrogen) atoms. The Morgan fingerprint density at radius 1 is 1.44 bits per heavy atom. The van der Waals surface area contributed by atoms with Crippen molar-refractivity contribution in [3.63, 3.8) is 0 Å². The quantitative estimate of drug-likeness (QED) is 0.678. The first-order chi connectivity index (χ1) is 8.65. The van der Waals surface area contributed by atoms with Gasteiger partial charge in [0.1, 0.15) is 0 Å². The fourth-order valence-corrected chi connectivity index (χ4v) is 2.28. The summed E-state index contributed by atoms with van der Waals surface area (Å²) in [5, 5.41) is 5.67. The van der Waals surface area contributed by atoms with Crippen LogP contribution < -0.4 is 10.6 Å². The first kappa shape index (κ1) is 15.2. The topological polar surface area (TPSA) is 59.6 Å². The van der Waals surface area contributed by atoms with Crippen molar-refractivity contribution in [2.45, 2.75) is 33.3 Å². The molecule has 0 spiro atoms. The number of hydrogen-bond donors (Lipinski definition) is 2. The summed E-state index contributed by atoms with van der Waals surface area (Å²) in [5.41, 5.74) is 0. The highest BCUT2D eigenvalue weighted by Crippen LogP contribution is 2.25. The van der Waals surface area contributed by atoms with E-state index in [4.69, 9.17) is 9.47 Å². The third kappa shape index (κ3) is 5.23. The molecule has 106 valence electrons.